The molecule has 0 aliphatic heterocycles. The molecule has 0 rings (SSSR count). The number of hydrogen-bond acceptors (Lipinski definition) is 2. The Morgan fingerprint density at radius 3 is 1.50 bits per heavy atom. The second-order valence-corrected chi connectivity index (χ2v) is 0.224. The average Bonchev–Trinajstić information content (AvgIpc) is 1.46. The molecule has 0 aliphatic rings. The maximum Gasteiger partial charge on any atom is 1.00 e. The fourth-order valence-corrected chi connectivity index (χ4v) is 0. The van der Waals surface area contributed by atoms with Crippen LogP contribution in [0.4, 0.5) is 0 Å². The molecule has 0 aromatic heterocycles. The van der Waals surface area contributed by atoms with Crippen LogP contribution < -0.4 is 34.5 Å². The summed E-state index contributed by atoms with van der Waals surface area (Å²) in [5.41, 5.74) is 0. The predicted octanol–water partition coefficient (Wildman–Crippen LogP) is -2.64. The van der Waals surface area contributed by atoms with Gasteiger partial charge in [0.05, 0.1) is 8.69 Å². The maximum atomic E-state index is 8.35. The van der Waals surface area contributed by atoms with E-state index >= 15 is 0 Å². The van der Waals surface area contributed by atoms with Crippen molar-refractivity contribution in [1.82, 2.24) is 0 Å². The summed E-state index contributed by atoms with van der Waals surface area (Å²) in [5, 5.41) is 0. The van der Waals surface area contributed by atoms with Crippen LogP contribution >= 0.6 is 8.69 Å². The summed E-state index contributed by atoms with van der Waals surface area (Å²) in [5.74, 6) is 0. The van der Waals surface area contributed by atoms with E-state index in [1.165, 1.54) is 0 Å². The quantitative estimate of drug-likeness (QED) is 0.196. The van der Waals surface area contributed by atoms with Gasteiger partial charge >= 0.3 is 29.6 Å². The summed E-state index contributed by atoms with van der Waals surface area (Å²) in [6, 6.07) is 0. The van der Waals surface area contributed by atoms with Crippen molar-refractivity contribution in [2.24, 2.45) is 0 Å². The van der Waals surface area contributed by atoms with Crippen molar-refractivity contribution in [2.75, 3.05) is 0 Å². The van der Waals surface area contributed by atoms with E-state index in [-0.39, 0.29) is 29.6 Å². The number of hydrogen-bond donors (Lipinski definition) is 0. The van der Waals surface area contributed by atoms with E-state index in [1.54, 1.807) is 0 Å². The fraction of sp³-hybridized carbons (Fsp3) is 0. The smallest absolute Gasteiger partial charge is 0.772 e. The molecule has 0 radical (unpaired) electrons. The van der Waals surface area contributed by atoms with Gasteiger partial charge in [-0.1, -0.05) is 0 Å². The van der Waals surface area contributed by atoms with Gasteiger partial charge in [-0.15, -0.1) is 13.2 Å². The van der Waals surface area contributed by atoms with Gasteiger partial charge in [0, 0.05) is 0 Å². The molecule has 0 bridgehead atoms. The first kappa shape index (κ1) is 15.8. The van der Waals surface area contributed by atoms with E-state index in [1.807, 2.05) is 0 Å². The zero-order chi connectivity index (χ0) is 4.71. The summed E-state index contributed by atoms with van der Waals surface area (Å²) in [7, 11) is -1.08. The Balaban J connectivity index is -0.0000000275. The maximum absolute atomic E-state index is 8.35. The zero-order valence-electron chi connectivity index (χ0n) is 3.68. The Kier molecular flexibility index (Phi) is 109. The van der Waals surface area contributed by atoms with E-state index in [0.717, 1.165) is 0 Å². The molecule has 6 heavy (non-hydrogen) atoms. The van der Waals surface area contributed by atoms with E-state index in [2.05, 4.69) is 13.2 Å². The molecule has 0 N–H and O–H groups in total. The topological polar surface area (TPSA) is 40.1 Å². The summed E-state index contributed by atoms with van der Waals surface area (Å²) >= 11 is 0. The monoisotopic (exact) mass is 114 g/mol. The first-order chi connectivity index (χ1) is 2.41. The minimum atomic E-state index is -1.08. The third-order valence-electron chi connectivity index (χ3n) is 0. The van der Waals surface area contributed by atoms with Crippen LogP contribution in [0.5, 0.6) is 0 Å². The molecule has 0 fully saturated rings. The van der Waals surface area contributed by atoms with Gasteiger partial charge < -0.3 is 4.89 Å². The molecule has 0 unspecified atom stereocenters. The second kappa shape index (κ2) is 41.2. The molecule has 0 saturated carbocycles. The van der Waals surface area contributed by atoms with Gasteiger partial charge in [0.2, 0.25) is 0 Å². The molecule has 0 aromatic rings. The van der Waals surface area contributed by atoms with Crippen molar-refractivity contribution >= 4 is 8.69 Å². The van der Waals surface area contributed by atoms with Crippen LogP contribution in [0.2, 0.25) is 0 Å². The van der Waals surface area contributed by atoms with Crippen molar-refractivity contribution in [3.63, 3.8) is 0 Å². The molecule has 0 aliphatic carbocycles. The Morgan fingerprint density at radius 1 is 1.50 bits per heavy atom. The molecule has 0 saturated heterocycles. The van der Waals surface area contributed by atoms with Gasteiger partial charge in [-0.05, 0) is 0 Å². The van der Waals surface area contributed by atoms with E-state index in [9.17, 15) is 0 Å². The average molecular weight is 114 g/mol. The van der Waals surface area contributed by atoms with Crippen molar-refractivity contribution in [3.05, 3.63) is 13.2 Å². The molecule has 0 aromatic carbocycles. The van der Waals surface area contributed by atoms with Crippen LogP contribution in [0.15, 0.2) is 13.2 Å². The minimum Gasteiger partial charge on any atom is -0.772 e. The molecule has 4 heteroatoms. The summed E-state index contributed by atoms with van der Waals surface area (Å²) < 4.78 is 8.35. The third kappa shape index (κ3) is 108. The molecule has 2 nitrogen and oxygen atoms in total. The van der Waals surface area contributed by atoms with Crippen molar-refractivity contribution in [3.8, 4) is 0 Å². The largest absolute Gasteiger partial charge is 1.00 e. The molecule has 0 atom stereocenters. The first-order valence-corrected chi connectivity index (χ1v) is 1.60. The van der Waals surface area contributed by atoms with Crippen LogP contribution in [0, 0.1) is 0 Å². The van der Waals surface area contributed by atoms with E-state index in [4.69, 9.17) is 9.46 Å². The van der Waals surface area contributed by atoms with Gasteiger partial charge in [-0.25, -0.2) is 0 Å². The molecule has 30 valence electrons. The SMILES string of the molecule is C=C.O=P[O-].[Na+]. The van der Waals surface area contributed by atoms with Crippen LogP contribution in [-0.2, 0) is 4.57 Å². The normalized spacial score (nSPS) is 4.17. The summed E-state index contributed by atoms with van der Waals surface area (Å²) in [6.45, 7) is 6.00. The van der Waals surface area contributed by atoms with Gasteiger partial charge in [0.15, 0.2) is 0 Å². The first-order valence-electron chi connectivity index (χ1n) is 0.865. The standard InChI is InChI=1S/C2H4.Na.HO2P/c1-2;;1-3-2/h1-2H2;;(H,1,2)/q;+1;/p-1. The van der Waals surface area contributed by atoms with Crippen molar-refractivity contribution < 1.29 is 39.0 Å². The van der Waals surface area contributed by atoms with Crippen LogP contribution in [0.25, 0.3) is 0 Å². The van der Waals surface area contributed by atoms with E-state index in [0.29, 0.717) is 0 Å². The molecule has 0 heterocycles. The van der Waals surface area contributed by atoms with Gasteiger partial charge in [-0.2, -0.15) is 0 Å². The van der Waals surface area contributed by atoms with Gasteiger partial charge in [0.1, 0.15) is 0 Å². The van der Waals surface area contributed by atoms with Crippen LogP contribution in [-0.4, -0.2) is 0 Å². The van der Waals surface area contributed by atoms with Crippen LogP contribution in [0.3, 0.4) is 0 Å². The van der Waals surface area contributed by atoms with E-state index < -0.39 is 8.69 Å². The molecule has 0 spiro atoms. The van der Waals surface area contributed by atoms with Crippen LogP contribution in [0.1, 0.15) is 0 Å². The Hall–Kier alpha value is 0.800. The van der Waals surface area contributed by atoms with Crippen molar-refractivity contribution in [2.45, 2.75) is 0 Å². The molecular formula is C2H4NaO2P. The molecular weight excluding hydrogens is 110 g/mol. The number of rotatable bonds is 0. The summed E-state index contributed by atoms with van der Waals surface area (Å²) in [6.07, 6.45) is 0. The Morgan fingerprint density at radius 2 is 1.50 bits per heavy atom. The summed E-state index contributed by atoms with van der Waals surface area (Å²) in [4.78, 5) is 8.35. The fourth-order valence-electron chi connectivity index (χ4n) is 0. The second-order valence-electron chi connectivity index (χ2n) is 0.0745. The van der Waals surface area contributed by atoms with Crippen molar-refractivity contribution in [1.29, 1.82) is 0 Å². The Labute approximate surface area is 60.8 Å². The van der Waals surface area contributed by atoms with Gasteiger partial charge in [-0.3, -0.25) is 4.57 Å². The van der Waals surface area contributed by atoms with Gasteiger partial charge in [0.25, 0.3) is 0 Å². The molecule has 0 amide bonds. The third-order valence-corrected chi connectivity index (χ3v) is 0. The minimum absolute atomic E-state index is 0. The zero-order valence-corrected chi connectivity index (χ0v) is 6.57. The Bertz CT molecular complexity index is 25.5. The predicted molar refractivity (Wildman–Crippen MR) is 18.9 cm³/mol.